The van der Waals surface area contributed by atoms with Crippen molar-refractivity contribution in [2.45, 2.75) is 18.9 Å². The van der Waals surface area contributed by atoms with Gasteiger partial charge in [-0.3, -0.25) is 9.36 Å². The molecule has 0 saturated heterocycles. The Bertz CT molecular complexity index is 725. The topological polar surface area (TPSA) is 61.7 Å². The molecule has 5 heteroatoms. The molecular formula is C15H19N5. The molecule has 1 atom stereocenters. The fourth-order valence-electron chi connectivity index (χ4n) is 2.60. The zero-order chi connectivity index (χ0) is 14.1. The first-order chi connectivity index (χ1) is 9.66. The number of hydrogen-bond donors (Lipinski definition) is 1. The highest BCUT2D eigenvalue weighted by Crippen LogP contribution is 2.24. The second kappa shape index (κ2) is 5.09. The van der Waals surface area contributed by atoms with Gasteiger partial charge in [0.2, 0.25) is 0 Å². The number of para-hydroxylation sites is 1. The van der Waals surface area contributed by atoms with Crippen LogP contribution in [0.1, 0.15) is 23.9 Å². The van der Waals surface area contributed by atoms with Gasteiger partial charge in [0.25, 0.3) is 0 Å². The first-order valence-corrected chi connectivity index (χ1v) is 6.81. The SMILES string of the molecule is Cn1nccc1CCC(N)c1nn(C)c2ccccc12. The van der Waals surface area contributed by atoms with Crippen LogP contribution in [0.5, 0.6) is 0 Å². The second-order valence-electron chi connectivity index (χ2n) is 5.12. The molecule has 0 radical (unpaired) electrons. The Labute approximate surface area is 118 Å². The summed E-state index contributed by atoms with van der Waals surface area (Å²) in [4.78, 5) is 0. The fraction of sp³-hybridized carbons (Fsp3) is 0.333. The minimum Gasteiger partial charge on any atom is -0.323 e. The van der Waals surface area contributed by atoms with Crippen molar-refractivity contribution in [2.75, 3.05) is 0 Å². The average Bonchev–Trinajstić information content (AvgIpc) is 3.01. The zero-order valence-electron chi connectivity index (χ0n) is 11.8. The Morgan fingerprint density at radius 3 is 2.70 bits per heavy atom. The number of benzene rings is 1. The van der Waals surface area contributed by atoms with Gasteiger partial charge in [-0.2, -0.15) is 10.2 Å². The van der Waals surface area contributed by atoms with Crippen molar-refractivity contribution < 1.29 is 0 Å². The molecule has 3 rings (SSSR count). The van der Waals surface area contributed by atoms with Crippen molar-refractivity contribution in [1.82, 2.24) is 19.6 Å². The van der Waals surface area contributed by atoms with E-state index < -0.39 is 0 Å². The monoisotopic (exact) mass is 269 g/mol. The molecule has 20 heavy (non-hydrogen) atoms. The van der Waals surface area contributed by atoms with E-state index in [2.05, 4.69) is 22.3 Å². The molecule has 1 unspecified atom stereocenters. The van der Waals surface area contributed by atoms with E-state index in [0.717, 1.165) is 29.4 Å². The molecule has 0 aliphatic heterocycles. The molecule has 2 heterocycles. The van der Waals surface area contributed by atoms with E-state index in [1.54, 1.807) is 0 Å². The van der Waals surface area contributed by atoms with E-state index in [-0.39, 0.29) is 6.04 Å². The Hall–Kier alpha value is -2.14. The Morgan fingerprint density at radius 2 is 1.95 bits per heavy atom. The third kappa shape index (κ3) is 2.20. The van der Waals surface area contributed by atoms with Crippen molar-refractivity contribution in [1.29, 1.82) is 0 Å². The van der Waals surface area contributed by atoms with Crippen LogP contribution in [0, 0.1) is 0 Å². The third-order valence-corrected chi connectivity index (χ3v) is 3.77. The quantitative estimate of drug-likeness (QED) is 0.787. The van der Waals surface area contributed by atoms with Crippen molar-refractivity contribution in [3.63, 3.8) is 0 Å². The lowest BCUT2D eigenvalue weighted by atomic mass is 10.0. The van der Waals surface area contributed by atoms with Crippen LogP contribution in [0.15, 0.2) is 36.5 Å². The first kappa shape index (κ1) is 12.9. The summed E-state index contributed by atoms with van der Waals surface area (Å²) in [5, 5.41) is 9.90. The minimum absolute atomic E-state index is 0.0593. The van der Waals surface area contributed by atoms with Crippen LogP contribution < -0.4 is 5.73 Å². The predicted molar refractivity (Wildman–Crippen MR) is 79.2 cm³/mol. The molecule has 104 valence electrons. The largest absolute Gasteiger partial charge is 0.323 e. The predicted octanol–water partition coefficient (Wildman–Crippen LogP) is 1.94. The van der Waals surface area contributed by atoms with Crippen LogP contribution in [0.2, 0.25) is 0 Å². The Kier molecular flexibility index (Phi) is 3.28. The zero-order valence-corrected chi connectivity index (χ0v) is 11.8. The van der Waals surface area contributed by atoms with Crippen molar-refractivity contribution in [3.05, 3.63) is 47.9 Å². The molecule has 0 fully saturated rings. The van der Waals surface area contributed by atoms with Crippen LogP contribution in [0.4, 0.5) is 0 Å². The van der Waals surface area contributed by atoms with Crippen molar-refractivity contribution in [3.8, 4) is 0 Å². The summed E-state index contributed by atoms with van der Waals surface area (Å²) in [6, 6.07) is 10.2. The average molecular weight is 269 g/mol. The number of rotatable bonds is 4. The van der Waals surface area contributed by atoms with Gasteiger partial charge >= 0.3 is 0 Å². The molecule has 0 spiro atoms. The molecule has 5 nitrogen and oxygen atoms in total. The van der Waals surface area contributed by atoms with Crippen LogP contribution >= 0.6 is 0 Å². The Balaban J connectivity index is 1.82. The lowest BCUT2D eigenvalue weighted by Crippen LogP contribution is -2.13. The maximum absolute atomic E-state index is 6.34. The summed E-state index contributed by atoms with van der Waals surface area (Å²) in [7, 11) is 3.91. The van der Waals surface area contributed by atoms with E-state index in [9.17, 15) is 0 Å². The van der Waals surface area contributed by atoms with Gasteiger partial charge in [0.1, 0.15) is 0 Å². The fourth-order valence-corrected chi connectivity index (χ4v) is 2.60. The van der Waals surface area contributed by atoms with Crippen LogP contribution in [-0.4, -0.2) is 19.6 Å². The number of aryl methyl sites for hydroxylation is 3. The van der Waals surface area contributed by atoms with E-state index in [0.29, 0.717) is 0 Å². The first-order valence-electron chi connectivity index (χ1n) is 6.81. The smallest absolute Gasteiger partial charge is 0.0870 e. The summed E-state index contributed by atoms with van der Waals surface area (Å²) >= 11 is 0. The number of hydrogen-bond acceptors (Lipinski definition) is 3. The van der Waals surface area contributed by atoms with Gasteiger partial charge in [0.05, 0.1) is 11.2 Å². The summed E-state index contributed by atoms with van der Waals surface area (Å²) < 4.78 is 3.79. The third-order valence-electron chi connectivity index (χ3n) is 3.77. The van der Waals surface area contributed by atoms with E-state index in [1.807, 2.05) is 47.9 Å². The highest BCUT2D eigenvalue weighted by molar-refractivity contribution is 5.82. The molecule has 0 aliphatic carbocycles. The number of aromatic nitrogens is 4. The maximum atomic E-state index is 6.34. The summed E-state index contributed by atoms with van der Waals surface area (Å²) in [6.45, 7) is 0. The van der Waals surface area contributed by atoms with Crippen molar-refractivity contribution in [2.24, 2.45) is 19.8 Å². The van der Waals surface area contributed by atoms with E-state index >= 15 is 0 Å². The van der Waals surface area contributed by atoms with Crippen LogP contribution in [0.3, 0.4) is 0 Å². The molecular weight excluding hydrogens is 250 g/mol. The van der Waals surface area contributed by atoms with Gasteiger partial charge in [-0.1, -0.05) is 18.2 Å². The van der Waals surface area contributed by atoms with Gasteiger partial charge in [0, 0.05) is 37.4 Å². The molecule has 0 bridgehead atoms. The lowest BCUT2D eigenvalue weighted by Gasteiger charge is -2.09. The van der Waals surface area contributed by atoms with Crippen molar-refractivity contribution >= 4 is 10.9 Å². The highest BCUT2D eigenvalue weighted by Gasteiger charge is 2.15. The number of nitrogens with two attached hydrogens (primary N) is 1. The molecule has 3 aromatic rings. The highest BCUT2D eigenvalue weighted by atomic mass is 15.3. The molecule has 1 aromatic carbocycles. The maximum Gasteiger partial charge on any atom is 0.0870 e. The molecule has 0 aliphatic rings. The van der Waals surface area contributed by atoms with Gasteiger partial charge in [-0.05, 0) is 25.0 Å². The summed E-state index contributed by atoms with van der Waals surface area (Å²) in [5.41, 5.74) is 9.63. The lowest BCUT2D eigenvalue weighted by molar-refractivity contribution is 0.593. The van der Waals surface area contributed by atoms with Gasteiger partial charge in [0.15, 0.2) is 0 Å². The number of fused-ring (bicyclic) bond motifs is 1. The van der Waals surface area contributed by atoms with Crippen LogP contribution in [-0.2, 0) is 20.5 Å². The summed E-state index contributed by atoms with van der Waals surface area (Å²) in [5.74, 6) is 0. The number of nitrogens with zero attached hydrogens (tertiary/aromatic N) is 4. The van der Waals surface area contributed by atoms with Gasteiger partial charge in [-0.25, -0.2) is 0 Å². The second-order valence-corrected chi connectivity index (χ2v) is 5.12. The van der Waals surface area contributed by atoms with E-state index in [4.69, 9.17) is 5.73 Å². The minimum atomic E-state index is -0.0593. The van der Waals surface area contributed by atoms with E-state index in [1.165, 1.54) is 5.69 Å². The normalized spacial score (nSPS) is 12.9. The van der Waals surface area contributed by atoms with Crippen LogP contribution in [0.25, 0.3) is 10.9 Å². The molecule has 0 amide bonds. The molecule has 2 aromatic heterocycles. The Morgan fingerprint density at radius 1 is 1.15 bits per heavy atom. The summed E-state index contributed by atoms with van der Waals surface area (Å²) in [6.07, 6.45) is 3.58. The molecule has 2 N–H and O–H groups in total. The van der Waals surface area contributed by atoms with Gasteiger partial charge < -0.3 is 5.73 Å². The molecule has 0 saturated carbocycles. The van der Waals surface area contributed by atoms with Gasteiger partial charge in [-0.15, -0.1) is 0 Å². The standard InChI is InChI=1S/C15H19N5/c1-19-11(9-10-17-19)7-8-13(16)15-12-5-3-4-6-14(12)20(2)18-15/h3-6,9-10,13H,7-8,16H2,1-2H3.